The smallest absolute Gasteiger partial charge is 0.329 e. The van der Waals surface area contributed by atoms with Crippen LogP contribution >= 0.6 is 0 Å². The minimum Gasteiger partial charge on any atom is -0.375 e. The lowest BCUT2D eigenvalue weighted by Gasteiger charge is -2.42. The molecule has 3 aliphatic rings. The van der Waals surface area contributed by atoms with Crippen molar-refractivity contribution in [1.29, 1.82) is 0 Å². The SMILES string of the molecule is Cn1c(=O)n(C2CCC(O)NC2=O)c2cccc(N3CC(CO[C@@H]4CCNC[C@@H]4F)C3)c21. The summed E-state index contributed by atoms with van der Waals surface area (Å²) in [6.07, 6.45) is -0.643. The van der Waals surface area contributed by atoms with Gasteiger partial charge in [0.05, 0.1) is 29.4 Å². The van der Waals surface area contributed by atoms with Gasteiger partial charge in [-0.3, -0.25) is 13.9 Å². The molecule has 1 aromatic carbocycles. The molecule has 0 radical (unpaired) electrons. The third-order valence-electron chi connectivity index (χ3n) is 6.91. The summed E-state index contributed by atoms with van der Waals surface area (Å²) in [4.78, 5) is 27.7. The van der Waals surface area contributed by atoms with Gasteiger partial charge in [0.25, 0.3) is 0 Å². The molecule has 4 atom stereocenters. The van der Waals surface area contributed by atoms with Gasteiger partial charge in [-0.2, -0.15) is 0 Å². The van der Waals surface area contributed by atoms with Gasteiger partial charge in [0.2, 0.25) is 5.91 Å². The van der Waals surface area contributed by atoms with Crippen LogP contribution in [0.5, 0.6) is 0 Å². The van der Waals surface area contributed by atoms with Gasteiger partial charge >= 0.3 is 5.69 Å². The molecule has 1 amide bonds. The fourth-order valence-electron chi connectivity index (χ4n) is 5.12. The van der Waals surface area contributed by atoms with E-state index in [4.69, 9.17) is 4.74 Å². The number of ether oxygens (including phenoxy) is 1. The number of para-hydroxylation sites is 1. The number of benzene rings is 1. The average molecular weight is 448 g/mol. The molecular formula is C22H30FN5O4. The summed E-state index contributed by atoms with van der Waals surface area (Å²) in [5.74, 6) is -0.0222. The molecule has 10 heteroatoms. The molecule has 174 valence electrons. The number of aliphatic hydroxyl groups is 1. The van der Waals surface area contributed by atoms with Crippen molar-refractivity contribution in [3.05, 3.63) is 28.7 Å². The van der Waals surface area contributed by atoms with E-state index >= 15 is 0 Å². The Morgan fingerprint density at radius 3 is 2.78 bits per heavy atom. The predicted octanol–water partition coefficient (Wildman–Crippen LogP) is 0.262. The lowest BCUT2D eigenvalue weighted by Crippen LogP contribution is -2.50. The first-order chi connectivity index (χ1) is 15.4. The van der Waals surface area contributed by atoms with E-state index in [1.807, 2.05) is 18.2 Å². The minimum absolute atomic E-state index is 0.246. The van der Waals surface area contributed by atoms with Crippen molar-refractivity contribution >= 4 is 22.6 Å². The number of carbonyl (C=O) groups is 1. The number of aromatic nitrogens is 2. The number of imidazole rings is 1. The van der Waals surface area contributed by atoms with Crippen LogP contribution in [0, 0.1) is 5.92 Å². The molecule has 2 unspecified atom stereocenters. The number of anilines is 1. The number of halogens is 1. The van der Waals surface area contributed by atoms with Crippen LogP contribution < -0.4 is 21.2 Å². The van der Waals surface area contributed by atoms with Gasteiger partial charge in [-0.1, -0.05) is 6.07 Å². The minimum atomic E-state index is -0.957. The lowest BCUT2D eigenvalue weighted by molar-refractivity contribution is -0.130. The van der Waals surface area contributed by atoms with E-state index in [0.717, 1.165) is 30.8 Å². The first-order valence-electron chi connectivity index (χ1n) is 11.3. The Morgan fingerprint density at radius 2 is 2.03 bits per heavy atom. The number of amides is 1. The van der Waals surface area contributed by atoms with Crippen LogP contribution in [-0.2, 0) is 16.6 Å². The van der Waals surface area contributed by atoms with Crippen molar-refractivity contribution in [3.63, 3.8) is 0 Å². The van der Waals surface area contributed by atoms with Crippen molar-refractivity contribution in [3.8, 4) is 0 Å². The topological polar surface area (TPSA) is 101 Å². The highest BCUT2D eigenvalue weighted by Crippen LogP contribution is 2.33. The molecule has 9 nitrogen and oxygen atoms in total. The van der Waals surface area contributed by atoms with Crippen LogP contribution in [0.1, 0.15) is 25.3 Å². The number of rotatable bonds is 5. The van der Waals surface area contributed by atoms with E-state index in [1.54, 1.807) is 16.2 Å². The van der Waals surface area contributed by atoms with E-state index in [9.17, 15) is 19.1 Å². The number of carbonyl (C=O) groups excluding carboxylic acids is 1. The Labute approximate surface area is 185 Å². The zero-order valence-corrected chi connectivity index (χ0v) is 18.2. The summed E-state index contributed by atoms with van der Waals surface area (Å²) in [7, 11) is 1.72. The molecular weight excluding hydrogens is 417 g/mol. The number of piperidine rings is 2. The van der Waals surface area contributed by atoms with Crippen molar-refractivity contribution < 1.29 is 19.0 Å². The molecule has 3 N–H and O–H groups in total. The van der Waals surface area contributed by atoms with Crippen LogP contribution in [0.4, 0.5) is 10.1 Å². The molecule has 3 saturated heterocycles. The van der Waals surface area contributed by atoms with E-state index in [-0.39, 0.29) is 17.7 Å². The number of hydrogen-bond donors (Lipinski definition) is 3. The maximum atomic E-state index is 13.9. The standard InChI is InChI=1S/C22H30FN5O4/c1-26-20-15(27-10-13(11-27)12-32-18-7-8-24-9-14(18)23)3-2-4-16(20)28(22(26)31)17-5-6-19(29)25-21(17)30/h2-4,13-14,17-19,24,29H,5-12H2,1H3,(H,25,30)/t14-,17?,18+,19?/m0/s1. The molecule has 4 heterocycles. The highest BCUT2D eigenvalue weighted by Gasteiger charge is 2.34. The first-order valence-corrected chi connectivity index (χ1v) is 11.3. The van der Waals surface area contributed by atoms with Crippen molar-refractivity contribution in [2.24, 2.45) is 13.0 Å². The third kappa shape index (κ3) is 3.70. The summed E-state index contributed by atoms with van der Waals surface area (Å²) in [6, 6.07) is 5.10. The zero-order chi connectivity index (χ0) is 22.4. The first kappa shape index (κ1) is 21.4. The third-order valence-corrected chi connectivity index (χ3v) is 6.91. The molecule has 32 heavy (non-hydrogen) atoms. The van der Waals surface area contributed by atoms with E-state index in [0.29, 0.717) is 43.8 Å². The number of nitrogens with zero attached hydrogens (tertiary/aromatic N) is 3. The molecule has 0 spiro atoms. The van der Waals surface area contributed by atoms with Crippen LogP contribution in [-0.4, -0.2) is 71.4 Å². The number of aliphatic hydroxyl groups excluding tert-OH is 1. The summed E-state index contributed by atoms with van der Waals surface area (Å²) < 4.78 is 22.9. The Morgan fingerprint density at radius 1 is 1.22 bits per heavy atom. The molecule has 2 aromatic rings. The van der Waals surface area contributed by atoms with Crippen LogP contribution in [0.15, 0.2) is 23.0 Å². The lowest BCUT2D eigenvalue weighted by atomic mass is 9.99. The van der Waals surface area contributed by atoms with Gasteiger partial charge in [-0.05, 0) is 37.9 Å². The molecule has 3 fully saturated rings. The number of hydrogen-bond acceptors (Lipinski definition) is 6. The second-order valence-electron chi connectivity index (χ2n) is 9.13. The molecule has 0 bridgehead atoms. The second kappa shape index (κ2) is 8.49. The molecule has 0 saturated carbocycles. The van der Waals surface area contributed by atoms with E-state index in [1.165, 1.54) is 0 Å². The Hall–Kier alpha value is -2.43. The highest BCUT2D eigenvalue weighted by atomic mass is 19.1. The van der Waals surface area contributed by atoms with Gasteiger partial charge < -0.3 is 25.4 Å². The van der Waals surface area contributed by atoms with Gasteiger partial charge in [0.1, 0.15) is 18.4 Å². The fraction of sp³-hybridized carbons (Fsp3) is 0.636. The van der Waals surface area contributed by atoms with Crippen molar-refractivity contribution in [2.45, 2.75) is 43.8 Å². The maximum Gasteiger partial charge on any atom is 0.329 e. The number of nitrogens with one attached hydrogen (secondary N) is 2. The Kier molecular flexibility index (Phi) is 5.68. The summed E-state index contributed by atoms with van der Waals surface area (Å²) in [5, 5.41) is 15.3. The van der Waals surface area contributed by atoms with Gasteiger partial charge in [-0.15, -0.1) is 0 Å². The number of fused-ring (bicyclic) bond motifs is 1. The molecule has 1 aromatic heterocycles. The summed E-state index contributed by atoms with van der Waals surface area (Å²) >= 11 is 0. The van der Waals surface area contributed by atoms with Gasteiger partial charge in [0.15, 0.2) is 0 Å². The monoisotopic (exact) mass is 447 g/mol. The zero-order valence-electron chi connectivity index (χ0n) is 18.2. The fourth-order valence-corrected chi connectivity index (χ4v) is 5.12. The molecule has 5 rings (SSSR count). The molecule has 3 aliphatic heterocycles. The second-order valence-corrected chi connectivity index (χ2v) is 9.13. The van der Waals surface area contributed by atoms with E-state index in [2.05, 4.69) is 15.5 Å². The van der Waals surface area contributed by atoms with Gasteiger partial charge in [0, 0.05) is 32.6 Å². The van der Waals surface area contributed by atoms with Crippen LogP contribution in [0.3, 0.4) is 0 Å². The Bertz CT molecular complexity index is 1060. The highest BCUT2D eigenvalue weighted by molar-refractivity contribution is 5.92. The predicted molar refractivity (Wildman–Crippen MR) is 117 cm³/mol. The normalized spacial score (nSPS) is 29.2. The Balaban J connectivity index is 1.33. The largest absolute Gasteiger partial charge is 0.375 e. The number of aryl methyl sites for hydroxylation is 1. The van der Waals surface area contributed by atoms with Crippen molar-refractivity contribution in [2.75, 3.05) is 37.7 Å². The maximum absolute atomic E-state index is 13.9. The van der Waals surface area contributed by atoms with Crippen LogP contribution in [0.25, 0.3) is 11.0 Å². The summed E-state index contributed by atoms with van der Waals surface area (Å²) in [5.41, 5.74) is 2.20. The van der Waals surface area contributed by atoms with Crippen molar-refractivity contribution in [1.82, 2.24) is 19.8 Å². The van der Waals surface area contributed by atoms with E-state index < -0.39 is 18.4 Å². The number of alkyl halides is 1. The molecule has 0 aliphatic carbocycles. The average Bonchev–Trinajstić information content (AvgIpc) is 2.99. The van der Waals surface area contributed by atoms with Gasteiger partial charge in [-0.25, -0.2) is 9.18 Å². The van der Waals surface area contributed by atoms with Crippen LogP contribution in [0.2, 0.25) is 0 Å². The quantitative estimate of drug-likeness (QED) is 0.608. The summed E-state index contributed by atoms with van der Waals surface area (Å²) in [6.45, 7) is 3.22.